The van der Waals surface area contributed by atoms with Gasteiger partial charge in [0.2, 0.25) is 0 Å². The molecule has 0 amide bonds. The molecule has 1 fully saturated rings. The molecule has 2 rings (SSSR count). The first-order valence-corrected chi connectivity index (χ1v) is 9.27. The number of aliphatic hydroxyl groups excluding tert-OH is 1. The van der Waals surface area contributed by atoms with Crippen molar-refractivity contribution in [3.05, 3.63) is 42.5 Å². The Kier molecular flexibility index (Phi) is 8.43. The van der Waals surface area contributed by atoms with Crippen LogP contribution in [-0.2, 0) is 23.8 Å². The van der Waals surface area contributed by atoms with Crippen molar-refractivity contribution in [1.29, 1.82) is 0 Å². The van der Waals surface area contributed by atoms with E-state index in [-0.39, 0.29) is 24.5 Å². The molecule has 170 valence electrons. The minimum atomic E-state index is -4.92. The van der Waals surface area contributed by atoms with E-state index in [9.17, 15) is 32.7 Å². The van der Waals surface area contributed by atoms with Crippen molar-refractivity contribution in [2.45, 2.75) is 37.8 Å². The SMILES string of the molecule is C=CC(=O)OCC1CCC(OC(=O)COC(=O)c2cccc(OC(F)(F)F)c2)C(O)C1. The van der Waals surface area contributed by atoms with E-state index in [1.807, 2.05) is 0 Å². The Labute approximate surface area is 175 Å². The van der Waals surface area contributed by atoms with E-state index in [2.05, 4.69) is 11.3 Å². The molecule has 0 aliphatic heterocycles. The highest BCUT2D eigenvalue weighted by Crippen LogP contribution is 2.27. The zero-order valence-corrected chi connectivity index (χ0v) is 16.3. The first-order chi connectivity index (χ1) is 14.6. The average molecular weight is 446 g/mol. The maximum absolute atomic E-state index is 12.3. The van der Waals surface area contributed by atoms with Gasteiger partial charge in [0.1, 0.15) is 11.9 Å². The third kappa shape index (κ3) is 8.28. The summed E-state index contributed by atoms with van der Waals surface area (Å²) in [5.41, 5.74) is -0.246. The first kappa shape index (κ1) is 24.2. The van der Waals surface area contributed by atoms with Crippen LogP contribution in [0.3, 0.4) is 0 Å². The van der Waals surface area contributed by atoms with Crippen LogP contribution in [0.1, 0.15) is 29.6 Å². The Bertz CT molecular complexity index is 808. The largest absolute Gasteiger partial charge is 0.573 e. The number of carbonyl (C=O) groups is 3. The monoisotopic (exact) mass is 446 g/mol. The van der Waals surface area contributed by atoms with Gasteiger partial charge in [0.15, 0.2) is 6.61 Å². The summed E-state index contributed by atoms with van der Waals surface area (Å²) in [6, 6.07) is 4.19. The Hall–Kier alpha value is -3.08. The Morgan fingerprint density at radius 2 is 1.94 bits per heavy atom. The molecule has 0 radical (unpaired) electrons. The van der Waals surface area contributed by atoms with Gasteiger partial charge in [-0.1, -0.05) is 12.6 Å². The minimum absolute atomic E-state index is 0.0992. The summed E-state index contributed by atoms with van der Waals surface area (Å²) < 4.78 is 55.3. The molecule has 1 aromatic carbocycles. The van der Waals surface area contributed by atoms with Crippen LogP contribution in [0.25, 0.3) is 0 Å². The van der Waals surface area contributed by atoms with Crippen molar-refractivity contribution >= 4 is 17.9 Å². The summed E-state index contributed by atoms with van der Waals surface area (Å²) in [5, 5.41) is 10.1. The van der Waals surface area contributed by atoms with E-state index in [1.54, 1.807) is 0 Å². The zero-order valence-electron chi connectivity index (χ0n) is 16.3. The maximum Gasteiger partial charge on any atom is 0.573 e. The zero-order chi connectivity index (χ0) is 23.0. The standard InChI is InChI=1S/C20H21F3O8/c1-2-17(25)28-10-12-6-7-16(15(24)8-12)30-18(26)11-29-19(27)13-4-3-5-14(9-13)31-20(21,22)23/h2-5,9,12,15-16,24H,1,6-8,10-11H2. The molecule has 1 aliphatic rings. The summed E-state index contributed by atoms with van der Waals surface area (Å²) >= 11 is 0. The third-order valence-corrected chi connectivity index (χ3v) is 4.40. The van der Waals surface area contributed by atoms with Crippen LogP contribution in [-0.4, -0.2) is 54.8 Å². The highest BCUT2D eigenvalue weighted by molar-refractivity contribution is 5.91. The quantitative estimate of drug-likeness (QED) is 0.369. The average Bonchev–Trinajstić information content (AvgIpc) is 2.71. The number of hydrogen-bond donors (Lipinski definition) is 1. The fourth-order valence-corrected chi connectivity index (χ4v) is 2.98. The number of hydrogen-bond acceptors (Lipinski definition) is 8. The number of rotatable bonds is 8. The predicted molar refractivity (Wildman–Crippen MR) is 97.8 cm³/mol. The lowest BCUT2D eigenvalue weighted by Crippen LogP contribution is -2.39. The van der Waals surface area contributed by atoms with E-state index in [0.717, 1.165) is 24.3 Å². The second-order valence-electron chi connectivity index (χ2n) is 6.76. The fourth-order valence-electron chi connectivity index (χ4n) is 2.98. The first-order valence-electron chi connectivity index (χ1n) is 9.27. The van der Waals surface area contributed by atoms with Gasteiger partial charge >= 0.3 is 24.3 Å². The van der Waals surface area contributed by atoms with Crippen molar-refractivity contribution < 1.29 is 51.6 Å². The van der Waals surface area contributed by atoms with Gasteiger partial charge in [-0.05, 0) is 43.4 Å². The molecule has 8 nitrogen and oxygen atoms in total. The molecule has 1 N–H and O–H groups in total. The highest BCUT2D eigenvalue weighted by atomic mass is 19.4. The van der Waals surface area contributed by atoms with Crippen LogP contribution in [0, 0.1) is 5.92 Å². The molecule has 3 atom stereocenters. The van der Waals surface area contributed by atoms with E-state index < -0.39 is 48.8 Å². The molecule has 0 heterocycles. The van der Waals surface area contributed by atoms with Crippen molar-refractivity contribution in [1.82, 2.24) is 0 Å². The van der Waals surface area contributed by atoms with Crippen molar-refractivity contribution in [2.24, 2.45) is 5.92 Å². The summed E-state index contributed by atoms with van der Waals surface area (Å²) in [4.78, 5) is 35.0. The molecule has 1 aliphatic carbocycles. The highest BCUT2D eigenvalue weighted by Gasteiger charge is 2.33. The minimum Gasteiger partial charge on any atom is -0.462 e. The van der Waals surface area contributed by atoms with Crippen LogP contribution < -0.4 is 4.74 Å². The molecule has 0 aromatic heterocycles. The number of benzene rings is 1. The lowest BCUT2D eigenvalue weighted by molar-refractivity contribution is -0.274. The molecule has 31 heavy (non-hydrogen) atoms. The van der Waals surface area contributed by atoms with E-state index in [0.29, 0.717) is 12.8 Å². The van der Waals surface area contributed by atoms with Gasteiger partial charge in [-0.25, -0.2) is 14.4 Å². The fraction of sp³-hybridized carbons (Fsp3) is 0.450. The Balaban J connectivity index is 1.78. The predicted octanol–water partition coefficient (Wildman–Crippen LogP) is 2.54. The van der Waals surface area contributed by atoms with Crippen molar-refractivity contribution in [2.75, 3.05) is 13.2 Å². The number of alkyl halides is 3. The molecule has 3 unspecified atom stereocenters. The molecular weight excluding hydrogens is 425 g/mol. The Morgan fingerprint density at radius 3 is 2.58 bits per heavy atom. The van der Waals surface area contributed by atoms with Gasteiger partial charge in [0.05, 0.1) is 18.3 Å². The molecular formula is C20H21F3O8. The van der Waals surface area contributed by atoms with Crippen LogP contribution in [0.15, 0.2) is 36.9 Å². The lowest BCUT2D eigenvalue weighted by Gasteiger charge is -2.32. The number of ether oxygens (including phenoxy) is 4. The van der Waals surface area contributed by atoms with E-state index in [4.69, 9.17) is 14.2 Å². The third-order valence-electron chi connectivity index (χ3n) is 4.40. The molecule has 1 aromatic rings. The summed E-state index contributed by atoms with van der Waals surface area (Å²) in [6.07, 6.45) is -4.60. The smallest absolute Gasteiger partial charge is 0.462 e. The number of esters is 3. The van der Waals surface area contributed by atoms with Crippen LogP contribution in [0.2, 0.25) is 0 Å². The van der Waals surface area contributed by atoms with Gasteiger partial charge in [0.25, 0.3) is 0 Å². The molecule has 0 saturated heterocycles. The number of halogens is 3. The number of carbonyl (C=O) groups excluding carboxylic acids is 3. The lowest BCUT2D eigenvalue weighted by atomic mass is 9.86. The summed E-state index contributed by atoms with van der Waals surface area (Å²) in [7, 11) is 0. The van der Waals surface area contributed by atoms with Gasteiger partial charge in [-0.15, -0.1) is 13.2 Å². The van der Waals surface area contributed by atoms with Gasteiger partial charge in [-0.3, -0.25) is 0 Å². The molecule has 0 bridgehead atoms. The summed E-state index contributed by atoms with van der Waals surface area (Å²) in [6.45, 7) is 2.61. The maximum atomic E-state index is 12.3. The van der Waals surface area contributed by atoms with Gasteiger partial charge in [0, 0.05) is 6.08 Å². The molecule has 0 spiro atoms. The second kappa shape index (κ2) is 10.8. The van der Waals surface area contributed by atoms with Gasteiger partial charge < -0.3 is 24.1 Å². The second-order valence-corrected chi connectivity index (χ2v) is 6.76. The molecule has 1 saturated carbocycles. The summed E-state index contributed by atoms with van der Waals surface area (Å²) in [5.74, 6) is -3.24. The van der Waals surface area contributed by atoms with E-state index >= 15 is 0 Å². The van der Waals surface area contributed by atoms with Gasteiger partial charge in [-0.2, -0.15) is 0 Å². The van der Waals surface area contributed by atoms with E-state index in [1.165, 1.54) is 6.07 Å². The van der Waals surface area contributed by atoms with Crippen molar-refractivity contribution in [3.8, 4) is 5.75 Å². The van der Waals surface area contributed by atoms with Crippen molar-refractivity contribution in [3.63, 3.8) is 0 Å². The van der Waals surface area contributed by atoms with Crippen LogP contribution >= 0.6 is 0 Å². The number of aliphatic hydroxyl groups is 1. The Morgan fingerprint density at radius 1 is 1.19 bits per heavy atom. The van der Waals surface area contributed by atoms with Crippen LogP contribution in [0.4, 0.5) is 13.2 Å². The normalized spacial score (nSPS) is 21.0. The topological polar surface area (TPSA) is 108 Å². The molecule has 11 heteroatoms. The van der Waals surface area contributed by atoms with Crippen LogP contribution in [0.5, 0.6) is 5.75 Å².